The van der Waals surface area contributed by atoms with E-state index >= 15 is 0 Å². The summed E-state index contributed by atoms with van der Waals surface area (Å²) < 4.78 is 4.28. The van der Waals surface area contributed by atoms with Crippen molar-refractivity contribution in [3.8, 4) is 10.6 Å². The smallest absolute Gasteiger partial charge is 0.149 e. The maximum absolute atomic E-state index is 10.6. The average Bonchev–Trinajstić information content (AvgIpc) is 3.10. The van der Waals surface area contributed by atoms with Crippen molar-refractivity contribution in [2.24, 2.45) is 0 Å². The number of nitrogen functional groups attached to an aromatic ring is 1. The molecule has 0 radical (unpaired) electrons. The molecule has 5 nitrogen and oxygen atoms in total. The van der Waals surface area contributed by atoms with Gasteiger partial charge in [0.1, 0.15) is 15.8 Å². The summed E-state index contributed by atoms with van der Waals surface area (Å²) in [6.45, 7) is 2.59. The van der Waals surface area contributed by atoms with Gasteiger partial charge in [0.15, 0.2) is 0 Å². The zero-order valence-corrected chi connectivity index (χ0v) is 13.9. The van der Waals surface area contributed by atoms with E-state index in [1.165, 1.54) is 11.5 Å². The SMILES string of the molecule is Cc1csc(-c2c(N)nsc2N(C)CC2(O)CCCC2)n1. The molecule has 3 rings (SSSR count). The van der Waals surface area contributed by atoms with Crippen molar-refractivity contribution < 1.29 is 5.11 Å². The molecular formula is C14H20N4OS2. The minimum Gasteiger partial charge on any atom is -0.388 e. The van der Waals surface area contributed by atoms with Crippen LogP contribution in [0, 0.1) is 6.92 Å². The Morgan fingerprint density at radius 3 is 2.76 bits per heavy atom. The van der Waals surface area contributed by atoms with Gasteiger partial charge in [-0.3, -0.25) is 0 Å². The number of nitrogens with zero attached hydrogens (tertiary/aromatic N) is 3. The highest BCUT2D eigenvalue weighted by molar-refractivity contribution is 7.15. The Balaban J connectivity index is 1.88. The van der Waals surface area contributed by atoms with E-state index in [4.69, 9.17) is 5.73 Å². The first-order valence-electron chi connectivity index (χ1n) is 7.10. The van der Waals surface area contributed by atoms with E-state index in [1.807, 2.05) is 19.4 Å². The summed E-state index contributed by atoms with van der Waals surface area (Å²) in [6.07, 6.45) is 3.95. The summed E-state index contributed by atoms with van der Waals surface area (Å²) >= 11 is 2.96. The second-order valence-electron chi connectivity index (χ2n) is 5.83. The van der Waals surface area contributed by atoms with Crippen LogP contribution in [0.5, 0.6) is 0 Å². The van der Waals surface area contributed by atoms with Gasteiger partial charge < -0.3 is 15.7 Å². The number of hydrogen-bond donors (Lipinski definition) is 2. The van der Waals surface area contributed by atoms with Crippen molar-refractivity contribution in [3.05, 3.63) is 11.1 Å². The van der Waals surface area contributed by atoms with Gasteiger partial charge in [-0.2, -0.15) is 4.37 Å². The summed E-state index contributed by atoms with van der Waals surface area (Å²) in [4.78, 5) is 6.60. The Labute approximate surface area is 132 Å². The van der Waals surface area contributed by atoms with Crippen LogP contribution >= 0.6 is 22.9 Å². The summed E-state index contributed by atoms with van der Waals surface area (Å²) in [6, 6.07) is 0. The summed E-state index contributed by atoms with van der Waals surface area (Å²) in [5.41, 5.74) is 7.35. The zero-order valence-electron chi connectivity index (χ0n) is 12.3. The fourth-order valence-corrected chi connectivity index (χ4v) is 4.62. The van der Waals surface area contributed by atoms with Gasteiger partial charge in [-0.25, -0.2) is 4.98 Å². The van der Waals surface area contributed by atoms with Crippen molar-refractivity contribution in [1.29, 1.82) is 0 Å². The fraction of sp³-hybridized carbons (Fsp3) is 0.571. The minimum atomic E-state index is -0.580. The van der Waals surface area contributed by atoms with Gasteiger partial charge in [-0.15, -0.1) is 11.3 Å². The minimum absolute atomic E-state index is 0.523. The van der Waals surface area contributed by atoms with E-state index in [9.17, 15) is 5.11 Å². The van der Waals surface area contributed by atoms with Crippen LogP contribution in [0.1, 0.15) is 31.4 Å². The van der Waals surface area contributed by atoms with Crippen LogP contribution in [0.2, 0.25) is 0 Å². The third-order valence-corrected chi connectivity index (χ3v) is 5.90. The molecule has 1 aliphatic carbocycles. The molecule has 0 spiro atoms. The topological polar surface area (TPSA) is 75.3 Å². The second-order valence-corrected chi connectivity index (χ2v) is 7.44. The first-order chi connectivity index (χ1) is 9.98. The first-order valence-corrected chi connectivity index (χ1v) is 8.75. The molecule has 0 atom stereocenters. The largest absolute Gasteiger partial charge is 0.388 e. The van der Waals surface area contributed by atoms with Crippen molar-refractivity contribution in [1.82, 2.24) is 9.36 Å². The van der Waals surface area contributed by atoms with Crippen LogP contribution < -0.4 is 10.6 Å². The lowest BCUT2D eigenvalue weighted by molar-refractivity contribution is 0.0561. The van der Waals surface area contributed by atoms with Crippen molar-refractivity contribution in [2.75, 3.05) is 24.2 Å². The molecule has 7 heteroatoms. The molecule has 0 amide bonds. The normalized spacial score (nSPS) is 17.3. The second kappa shape index (κ2) is 5.55. The van der Waals surface area contributed by atoms with Gasteiger partial charge in [0.2, 0.25) is 0 Å². The van der Waals surface area contributed by atoms with Crippen LogP contribution in [0.25, 0.3) is 10.6 Å². The molecule has 0 bridgehead atoms. The molecular weight excluding hydrogens is 304 g/mol. The van der Waals surface area contributed by atoms with E-state index in [2.05, 4.69) is 14.3 Å². The van der Waals surface area contributed by atoms with Crippen LogP contribution in [0.3, 0.4) is 0 Å². The zero-order chi connectivity index (χ0) is 15.0. The number of thiazole rings is 1. The highest BCUT2D eigenvalue weighted by Gasteiger charge is 2.33. The Morgan fingerprint density at radius 2 is 2.14 bits per heavy atom. The third kappa shape index (κ3) is 2.90. The van der Waals surface area contributed by atoms with Crippen LogP contribution in [0.15, 0.2) is 5.38 Å². The van der Waals surface area contributed by atoms with E-state index in [1.54, 1.807) is 11.3 Å². The Bertz CT molecular complexity index is 631. The molecule has 2 aromatic rings. The number of anilines is 2. The van der Waals surface area contributed by atoms with Gasteiger partial charge in [-0.1, -0.05) is 12.8 Å². The molecule has 2 aromatic heterocycles. The lowest BCUT2D eigenvalue weighted by atomic mass is 10.0. The molecule has 2 heterocycles. The van der Waals surface area contributed by atoms with Gasteiger partial charge in [0.05, 0.1) is 11.2 Å². The maximum Gasteiger partial charge on any atom is 0.149 e. The predicted molar refractivity (Wildman–Crippen MR) is 89.1 cm³/mol. The number of aryl methyl sites for hydroxylation is 1. The molecule has 0 aromatic carbocycles. The molecule has 0 saturated heterocycles. The number of likely N-dealkylation sites (N-methyl/N-ethyl adjacent to an activating group) is 1. The van der Waals surface area contributed by atoms with E-state index in [-0.39, 0.29) is 0 Å². The van der Waals surface area contributed by atoms with Crippen LogP contribution in [0.4, 0.5) is 10.8 Å². The fourth-order valence-electron chi connectivity index (χ4n) is 2.93. The van der Waals surface area contributed by atoms with E-state index < -0.39 is 5.60 Å². The highest BCUT2D eigenvalue weighted by Crippen LogP contribution is 2.41. The number of hydrogen-bond acceptors (Lipinski definition) is 7. The van der Waals surface area contributed by atoms with Crippen molar-refractivity contribution in [2.45, 2.75) is 38.2 Å². The van der Waals surface area contributed by atoms with E-state index in [0.717, 1.165) is 46.9 Å². The summed E-state index contributed by atoms with van der Waals surface area (Å²) in [5.74, 6) is 0.523. The average molecular weight is 324 g/mol. The Morgan fingerprint density at radius 1 is 1.43 bits per heavy atom. The monoisotopic (exact) mass is 324 g/mol. The van der Waals surface area contributed by atoms with Crippen molar-refractivity contribution in [3.63, 3.8) is 0 Å². The molecule has 21 heavy (non-hydrogen) atoms. The first kappa shape index (κ1) is 14.7. The standard InChI is InChI=1S/C14H20N4OS2/c1-9-7-20-12(16-9)10-11(15)17-21-13(10)18(2)8-14(19)5-3-4-6-14/h7,19H,3-6,8H2,1-2H3,(H2,15,17). The number of nitrogens with two attached hydrogens (primary N) is 1. The van der Waals surface area contributed by atoms with Crippen LogP contribution in [-0.4, -0.2) is 33.7 Å². The number of rotatable bonds is 4. The molecule has 3 N–H and O–H groups in total. The molecule has 1 saturated carbocycles. The predicted octanol–water partition coefficient (Wildman–Crippen LogP) is 2.90. The third-order valence-electron chi connectivity index (χ3n) is 3.95. The van der Waals surface area contributed by atoms with Crippen LogP contribution in [-0.2, 0) is 0 Å². The highest BCUT2D eigenvalue weighted by atomic mass is 32.1. The number of aromatic nitrogens is 2. The van der Waals surface area contributed by atoms with Gasteiger partial charge in [0, 0.05) is 24.7 Å². The number of aliphatic hydroxyl groups is 1. The van der Waals surface area contributed by atoms with Crippen molar-refractivity contribution >= 4 is 33.7 Å². The molecule has 1 aliphatic rings. The summed E-state index contributed by atoms with van der Waals surface area (Å²) in [7, 11) is 1.99. The molecule has 0 aliphatic heterocycles. The van der Waals surface area contributed by atoms with Gasteiger partial charge in [0.25, 0.3) is 0 Å². The summed E-state index contributed by atoms with van der Waals surface area (Å²) in [5, 5.41) is 14.5. The molecule has 114 valence electrons. The molecule has 1 fully saturated rings. The van der Waals surface area contributed by atoms with Gasteiger partial charge >= 0.3 is 0 Å². The Kier molecular flexibility index (Phi) is 3.90. The maximum atomic E-state index is 10.6. The quantitative estimate of drug-likeness (QED) is 0.904. The van der Waals surface area contributed by atoms with E-state index in [0.29, 0.717) is 12.4 Å². The lowest BCUT2D eigenvalue weighted by Crippen LogP contribution is -2.39. The lowest BCUT2D eigenvalue weighted by Gasteiger charge is -2.29. The molecule has 0 unspecified atom stereocenters. The van der Waals surface area contributed by atoms with Gasteiger partial charge in [-0.05, 0) is 31.3 Å². The Hall–Kier alpha value is -1.18.